The fourth-order valence-electron chi connectivity index (χ4n) is 2.27. The maximum absolute atomic E-state index is 12.9. The van der Waals surface area contributed by atoms with Gasteiger partial charge < -0.3 is 14.9 Å². The lowest BCUT2D eigenvalue weighted by atomic mass is 9.96. The molecule has 0 aliphatic rings. The summed E-state index contributed by atoms with van der Waals surface area (Å²) in [6.07, 6.45) is -7.20. The summed E-state index contributed by atoms with van der Waals surface area (Å²) >= 11 is 0. The largest absolute Gasteiger partial charge is 0.460 e. The summed E-state index contributed by atoms with van der Waals surface area (Å²) in [6, 6.07) is 4.45. The molecule has 0 spiro atoms. The van der Waals surface area contributed by atoms with Crippen LogP contribution in [-0.2, 0) is 16.0 Å². The van der Waals surface area contributed by atoms with Crippen molar-refractivity contribution in [1.82, 2.24) is 4.98 Å². The zero-order valence-corrected chi connectivity index (χ0v) is 14.5. The molecule has 25 heavy (non-hydrogen) atoms. The Hall–Kier alpha value is -1.67. The van der Waals surface area contributed by atoms with Crippen molar-refractivity contribution in [3.05, 3.63) is 29.6 Å². The fraction of sp³-hybridized carbons (Fsp3) is 0.647. The molecule has 0 aliphatic heterocycles. The highest BCUT2D eigenvalue weighted by molar-refractivity contribution is 5.72. The number of aliphatic hydroxyl groups excluding tert-OH is 2. The van der Waals surface area contributed by atoms with Crippen molar-refractivity contribution in [3.63, 3.8) is 0 Å². The number of halogens is 3. The van der Waals surface area contributed by atoms with Crippen LogP contribution in [0.25, 0.3) is 0 Å². The fourth-order valence-corrected chi connectivity index (χ4v) is 2.27. The highest BCUT2D eigenvalue weighted by Crippen LogP contribution is 2.35. The van der Waals surface area contributed by atoms with Gasteiger partial charge in [-0.3, -0.25) is 9.78 Å². The third-order valence-corrected chi connectivity index (χ3v) is 3.36. The van der Waals surface area contributed by atoms with Crippen LogP contribution in [-0.4, -0.2) is 39.6 Å². The Morgan fingerprint density at radius 2 is 1.92 bits per heavy atom. The van der Waals surface area contributed by atoms with E-state index in [4.69, 9.17) is 9.84 Å². The van der Waals surface area contributed by atoms with E-state index in [2.05, 4.69) is 4.98 Å². The van der Waals surface area contributed by atoms with Crippen LogP contribution in [0.2, 0.25) is 0 Å². The summed E-state index contributed by atoms with van der Waals surface area (Å²) in [5.41, 5.74) is -0.303. The Morgan fingerprint density at radius 3 is 2.44 bits per heavy atom. The lowest BCUT2D eigenvalue weighted by Gasteiger charge is -2.22. The molecule has 0 fully saturated rings. The molecule has 0 saturated carbocycles. The Balaban J connectivity index is 2.80. The average molecular weight is 363 g/mol. The molecule has 142 valence electrons. The summed E-state index contributed by atoms with van der Waals surface area (Å²) in [7, 11) is 0. The van der Waals surface area contributed by atoms with Crippen molar-refractivity contribution < 1.29 is 32.9 Å². The highest BCUT2D eigenvalue weighted by atomic mass is 19.4. The Bertz CT molecular complexity index is 570. The molecule has 1 rings (SSSR count). The number of aromatic nitrogens is 1. The van der Waals surface area contributed by atoms with Gasteiger partial charge in [0.15, 0.2) is 0 Å². The standard InChI is InChI=1S/C17H24F3NO4/c1-16(2,3)25-15(24)10-12-5-4-6-13(21-12)14(23)9-11(7-8-22)17(18,19)20/h4-6,11,14,22-23H,7-10H2,1-3H3/t11-,14?/m1/s1. The van der Waals surface area contributed by atoms with Crippen molar-refractivity contribution >= 4 is 5.97 Å². The van der Waals surface area contributed by atoms with E-state index < -0.39 is 49.2 Å². The van der Waals surface area contributed by atoms with Gasteiger partial charge in [0.2, 0.25) is 0 Å². The second kappa shape index (κ2) is 8.62. The first kappa shape index (κ1) is 21.4. The highest BCUT2D eigenvalue weighted by Gasteiger charge is 2.40. The first-order valence-corrected chi connectivity index (χ1v) is 7.95. The number of hydrogen-bond acceptors (Lipinski definition) is 5. The zero-order chi connectivity index (χ0) is 19.3. The van der Waals surface area contributed by atoms with Crippen molar-refractivity contribution in [2.45, 2.75) is 57.9 Å². The van der Waals surface area contributed by atoms with E-state index in [-0.39, 0.29) is 12.1 Å². The van der Waals surface area contributed by atoms with Gasteiger partial charge in [0.25, 0.3) is 0 Å². The molecule has 0 aromatic carbocycles. The van der Waals surface area contributed by atoms with E-state index >= 15 is 0 Å². The summed E-state index contributed by atoms with van der Waals surface area (Å²) in [4.78, 5) is 15.9. The van der Waals surface area contributed by atoms with Gasteiger partial charge in [0, 0.05) is 6.61 Å². The van der Waals surface area contributed by atoms with Gasteiger partial charge in [0.05, 0.1) is 29.8 Å². The van der Waals surface area contributed by atoms with E-state index in [1.165, 1.54) is 18.2 Å². The number of hydrogen-bond donors (Lipinski definition) is 2. The summed E-state index contributed by atoms with van der Waals surface area (Å²) in [5, 5.41) is 18.8. The van der Waals surface area contributed by atoms with E-state index in [0.29, 0.717) is 5.69 Å². The number of rotatable bonds is 7. The number of pyridine rings is 1. The van der Waals surface area contributed by atoms with Crippen LogP contribution >= 0.6 is 0 Å². The topological polar surface area (TPSA) is 79.7 Å². The van der Waals surface area contributed by atoms with Crippen molar-refractivity contribution in [3.8, 4) is 0 Å². The van der Waals surface area contributed by atoms with Gasteiger partial charge in [-0.1, -0.05) is 6.07 Å². The molecular weight excluding hydrogens is 339 g/mol. The van der Waals surface area contributed by atoms with Crippen molar-refractivity contribution in [2.75, 3.05) is 6.61 Å². The molecule has 1 aromatic rings. The molecule has 2 N–H and O–H groups in total. The Labute approximate surface area is 144 Å². The number of carbonyl (C=O) groups excluding carboxylic acids is 1. The van der Waals surface area contributed by atoms with Crippen LogP contribution in [0.5, 0.6) is 0 Å². The molecule has 5 nitrogen and oxygen atoms in total. The SMILES string of the molecule is CC(C)(C)OC(=O)Cc1cccc(C(O)C[C@@H](CCO)C(F)(F)F)n1. The van der Waals surface area contributed by atoms with Crippen LogP contribution < -0.4 is 0 Å². The predicted molar refractivity (Wildman–Crippen MR) is 84.6 cm³/mol. The smallest absolute Gasteiger partial charge is 0.392 e. The number of alkyl halides is 3. The molecule has 1 heterocycles. The average Bonchev–Trinajstić information content (AvgIpc) is 2.43. The van der Waals surface area contributed by atoms with Gasteiger partial charge in [-0.15, -0.1) is 0 Å². The molecule has 1 aromatic heterocycles. The molecule has 0 bridgehead atoms. The maximum Gasteiger partial charge on any atom is 0.392 e. The third-order valence-electron chi connectivity index (χ3n) is 3.36. The van der Waals surface area contributed by atoms with Crippen LogP contribution in [0.15, 0.2) is 18.2 Å². The van der Waals surface area contributed by atoms with E-state index in [0.717, 1.165) is 0 Å². The molecule has 1 unspecified atom stereocenters. The number of carbonyl (C=O) groups is 1. The minimum Gasteiger partial charge on any atom is -0.460 e. The summed E-state index contributed by atoms with van der Waals surface area (Å²) in [6.45, 7) is 4.54. The summed E-state index contributed by atoms with van der Waals surface area (Å²) in [5.74, 6) is -2.34. The van der Waals surface area contributed by atoms with Crippen LogP contribution in [0, 0.1) is 5.92 Å². The second-order valence-electron chi connectivity index (χ2n) is 6.82. The van der Waals surface area contributed by atoms with Crippen LogP contribution in [0.3, 0.4) is 0 Å². The number of aliphatic hydroxyl groups is 2. The second-order valence-corrected chi connectivity index (χ2v) is 6.82. The molecule has 0 radical (unpaired) electrons. The van der Waals surface area contributed by atoms with Gasteiger partial charge >= 0.3 is 12.1 Å². The molecule has 2 atom stereocenters. The molecule has 0 saturated heterocycles. The van der Waals surface area contributed by atoms with E-state index in [1.54, 1.807) is 20.8 Å². The number of ether oxygens (including phenoxy) is 1. The first-order chi connectivity index (χ1) is 11.4. The third kappa shape index (κ3) is 7.83. The maximum atomic E-state index is 12.9. The van der Waals surface area contributed by atoms with E-state index in [1.807, 2.05) is 0 Å². The minimum absolute atomic E-state index is 0.0493. The van der Waals surface area contributed by atoms with E-state index in [9.17, 15) is 23.1 Å². The predicted octanol–water partition coefficient (Wildman–Crippen LogP) is 2.95. The van der Waals surface area contributed by atoms with Crippen molar-refractivity contribution in [2.24, 2.45) is 5.92 Å². The minimum atomic E-state index is -4.52. The Morgan fingerprint density at radius 1 is 1.28 bits per heavy atom. The monoisotopic (exact) mass is 363 g/mol. The van der Waals surface area contributed by atoms with Crippen molar-refractivity contribution in [1.29, 1.82) is 0 Å². The van der Waals surface area contributed by atoms with Gasteiger partial charge in [0.1, 0.15) is 5.60 Å². The zero-order valence-electron chi connectivity index (χ0n) is 14.5. The summed E-state index contributed by atoms with van der Waals surface area (Å²) < 4.78 is 43.8. The normalized spacial score (nSPS) is 14.9. The van der Waals surface area contributed by atoms with Gasteiger partial charge in [-0.05, 0) is 45.7 Å². The molecule has 0 amide bonds. The molecular formula is C17H24F3NO4. The lowest BCUT2D eigenvalue weighted by molar-refractivity contribution is -0.186. The number of esters is 1. The van der Waals surface area contributed by atoms with Crippen LogP contribution in [0.4, 0.5) is 13.2 Å². The molecule has 8 heteroatoms. The quantitative estimate of drug-likeness (QED) is 0.728. The number of nitrogens with zero attached hydrogens (tertiary/aromatic N) is 1. The van der Waals surface area contributed by atoms with Gasteiger partial charge in [-0.2, -0.15) is 13.2 Å². The first-order valence-electron chi connectivity index (χ1n) is 7.95. The van der Waals surface area contributed by atoms with Gasteiger partial charge in [-0.25, -0.2) is 0 Å². The Kier molecular flexibility index (Phi) is 7.37. The molecule has 0 aliphatic carbocycles. The lowest BCUT2D eigenvalue weighted by Crippen LogP contribution is -2.26. The van der Waals surface area contributed by atoms with Crippen LogP contribution in [0.1, 0.15) is 51.1 Å².